The molecule has 7 N–H and O–H groups in total. The van der Waals surface area contributed by atoms with Crippen molar-refractivity contribution in [2.75, 3.05) is 13.6 Å². The number of pyridine rings is 1. The van der Waals surface area contributed by atoms with E-state index in [9.17, 15) is 24.3 Å². The number of hydrogen-bond donors (Lipinski definition) is 4. The lowest BCUT2D eigenvalue weighted by Crippen LogP contribution is -2.37. The molecule has 1 aliphatic heterocycles. The number of aliphatic hydroxyl groups is 1. The van der Waals surface area contributed by atoms with Crippen molar-refractivity contribution in [3.8, 4) is 23.1 Å². The van der Waals surface area contributed by atoms with Gasteiger partial charge < -0.3 is 27.2 Å². The lowest BCUT2D eigenvalue weighted by Gasteiger charge is -2.13. The molecule has 4 amide bonds. The number of carbonyl (C=O) groups excluding carboxylic acids is 4. The van der Waals surface area contributed by atoms with Crippen LogP contribution in [0.5, 0.6) is 0 Å². The quantitative estimate of drug-likeness (QED) is 0.298. The zero-order valence-electron chi connectivity index (χ0n) is 18.8. The Morgan fingerprint density at radius 1 is 1.03 bits per heavy atom. The zero-order chi connectivity index (χ0) is 25.8. The highest BCUT2D eigenvalue weighted by molar-refractivity contribution is 6.33. The lowest BCUT2D eigenvalue weighted by molar-refractivity contribution is -0.137. The first-order valence-electron chi connectivity index (χ1n) is 10.4. The van der Waals surface area contributed by atoms with Crippen LogP contribution in [-0.2, 0) is 14.4 Å². The number of aromatic nitrogens is 1. The third-order valence-electron chi connectivity index (χ3n) is 5.30. The van der Waals surface area contributed by atoms with Gasteiger partial charge in [-0.15, -0.1) is 0 Å². The molecule has 0 spiro atoms. The number of likely N-dealkylation sites (N-methyl/N-ethyl adjacent to an activating group) is 1. The van der Waals surface area contributed by atoms with Crippen molar-refractivity contribution < 1.29 is 24.3 Å². The summed E-state index contributed by atoms with van der Waals surface area (Å²) in [7, 11) is 1.64. The number of carbonyl (C=O) groups is 4. The minimum atomic E-state index is -1.65. The van der Waals surface area contributed by atoms with Gasteiger partial charge in [0.1, 0.15) is 5.69 Å². The van der Waals surface area contributed by atoms with Gasteiger partial charge in [-0.05, 0) is 23.6 Å². The number of primary amides is 3. The normalized spacial score (nSPS) is 16.6. The number of nitrogens with zero attached hydrogens (tertiary/aromatic N) is 2. The molecule has 2 heterocycles. The minimum Gasteiger partial charge on any atom is -0.369 e. The fraction of sp³-hybridized carbons (Fsp3) is 0.160. The molecule has 0 bridgehead atoms. The second-order valence-corrected chi connectivity index (χ2v) is 7.84. The average molecular weight is 473 g/mol. The summed E-state index contributed by atoms with van der Waals surface area (Å²) < 4.78 is 0. The number of likely N-dealkylation sites (tertiary alicyclic amines) is 1. The molecule has 1 saturated heterocycles. The van der Waals surface area contributed by atoms with Gasteiger partial charge in [0, 0.05) is 36.5 Å². The largest absolute Gasteiger partial charge is 0.369 e. The third kappa shape index (κ3) is 5.61. The molecular weight excluding hydrogens is 450 g/mol. The van der Waals surface area contributed by atoms with Crippen molar-refractivity contribution in [2.24, 2.45) is 17.2 Å². The van der Waals surface area contributed by atoms with Crippen LogP contribution in [0.15, 0.2) is 54.6 Å². The molecule has 0 radical (unpaired) electrons. The van der Waals surface area contributed by atoms with Crippen molar-refractivity contribution in [1.82, 2.24) is 9.88 Å². The van der Waals surface area contributed by atoms with Crippen LogP contribution in [0.1, 0.15) is 22.5 Å². The van der Waals surface area contributed by atoms with E-state index in [1.54, 1.807) is 19.2 Å². The molecule has 10 heteroatoms. The van der Waals surface area contributed by atoms with Crippen LogP contribution in [0.4, 0.5) is 0 Å². The fourth-order valence-electron chi connectivity index (χ4n) is 3.44. The maximum absolute atomic E-state index is 12.1. The highest BCUT2D eigenvalue weighted by atomic mass is 16.3. The third-order valence-corrected chi connectivity index (χ3v) is 5.30. The Hall–Kier alpha value is -4.75. The van der Waals surface area contributed by atoms with Crippen LogP contribution in [0.3, 0.4) is 0 Å². The van der Waals surface area contributed by atoms with Crippen LogP contribution >= 0.6 is 0 Å². The maximum Gasteiger partial charge on any atom is 0.306 e. The molecule has 1 fully saturated rings. The molecule has 1 atom stereocenters. The highest BCUT2D eigenvalue weighted by Crippen LogP contribution is 2.26. The standard InChI is InChI=1S/C23H19N3O3.C2H4N2O2/c1-26-12-11-23(29,22(26)28)10-9-15-5-4-7-17(13-15)19-14-16-6-2-3-8-18(16)20(25-19)21(24)27;3-1(5)2(4)6/h2-8,13-14,29H,11-12H2,1H3,(H2,24,27);(H2,3,5)(H2,4,6)/t23-;/m0./s1. The van der Waals surface area contributed by atoms with Crippen molar-refractivity contribution >= 4 is 34.4 Å². The predicted molar refractivity (Wildman–Crippen MR) is 128 cm³/mol. The molecule has 10 nitrogen and oxygen atoms in total. The molecule has 178 valence electrons. The Morgan fingerprint density at radius 2 is 1.71 bits per heavy atom. The van der Waals surface area contributed by atoms with Crippen LogP contribution in [0.25, 0.3) is 22.0 Å². The molecule has 1 aromatic heterocycles. The minimum absolute atomic E-state index is 0.212. The van der Waals surface area contributed by atoms with Gasteiger partial charge in [0.15, 0.2) is 0 Å². The van der Waals surface area contributed by atoms with Crippen LogP contribution in [0.2, 0.25) is 0 Å². The smallest absolute Gasteiger partial charge is 0.306 e. The number of fused-ring (bicyclic) bond motifs is 1. The van der Waals surface area contributed by atoms with Gasteiger partial charge in [0.25, 0.3) is 11.8 Å². The van der Waals surface area contributed by atoms with E-state index in [-0.39, 0.29) is 18.0 Å². The first-order valence-corrected chi connectivity index (χ1v) is 10.4. The summed E-state index contributed by atoms with van der Waals surface area (Å²) >= 11 is 0. The molecule has 4 rings (SSSR count). The van der Waals surface area contributed by atoms with Gasteiger partial charge in [0.05, 0.1) is 5.69 Å². The van der Waals surface area contributed by atoms with Crippen molar-refractivity contribution in [3.63, 3.8) is 0 Å². The summed E-state index contributed by atoms with van der Waals surface area (Å²) in [6.07, 6.45) is 0.281. The molecule has 35 heavy (non-hydrogen) atoms. The summed E-state index contributed by atoms with van der Waals surface area (Å²) in [5.74, 6) is 2.43. The van der Waals surface area contributed by atoms with Gasteiger partial charge >= 0.3 is 11.8 Å². The predicted octanol–water partition coefficient (Wildman–Crippen LogP) is -0.0976. The Bertz CT molecular complexity index is 1400. The molecule has 0 saturated carbocycles. The summed E-state index contributed by atoms with van der Waals surface area (Å²) in [6, 6.07) is 16.6. The van der Waals surface area contributed by atoms with E-state index in [2.05, 4.69) is 28.3 Å². The number of hydrogen-bond acceptors (Lipinski definition) is 6. The number of nitrogens with two attached hydrogens (primary N) is 3. The van der Waals surface area contributed by atoms with Crippen LogP contribution in [0, 0.1) is 11.8 Å². The second kappa shape index (κ2) is 10.0. The molecule has 0 aliphatic carbocycles. The van der Waals surface area contributed by atoms with E-state index in [0.717, 1.165) is 10.9 Å². The molecule has 3 aromatic rings. The van der Waals surface area contributed by atoms with E-state index >= 15 is 0 Å². The van der Waals surface area contributed by atoms with Gasteiger partial charge in [-0.3, -0.25) is 19.2 Å². The molecule has 0 unspecified atom stereocenters. The molecule has 2 aromatic carbocycles. The van der Waals surface area contributed by atoms with Crippen LogP contribution in [-0.4, -0.2) is 57.8 Å². The van der Waals surface area contributed by atoms with Gasteiger partial charge in [-0.1, -0.05) is 48.2 Å². The first kappa shape index (κ1) is 24.9. The topological polar surface area (TPSA) is 183 Å². The van der Waals surface area contributed by atoms with Gasteiger partial charge in [0.2, 0.25) is 5.60 Å². The Labute approximate surface area is 200 Å². The fourth-order valence-corrected chi connectivity index (χ4v) is 3.44. The highest BCUT2D eigenvalue weighted by Gasteiger charge is 2.42. The van der Waals surface area contributed by atoms with E-state index in [0.29, 0.717) is 23.2 Å². The zero-order valence-corrected chi connectivity index (χ0v) is 18.8. The molecule has 1 aliphatic rings. The monoisotopic (exact) mass is 473 g/mol. The molecular formula is C25H23N5O5. The van der Waals surface area contributed by atoms with E-state index in [1.807, 2.05) is 42.5 Å². The van der Waals surface area contributed by atoms with Crippen molar-refractivity contribution in [2.45, 2.75) is 12.0 Å². The van der Waals surface area contributed by atoms with E-state index < -0.39 is 23.3 Å². The van der Waals surface area contributed by atoms with E-state index in [4.69, 9.17) is 5.73 Å². The SMILES string of the molecule is CN1CC[C@@](O)(C#Cc2cccc(-c3cc4ccccc4c(C(N)=O)n3)c2)C1=O.NC(=O)C(N)=O. The number of amides is 4. The van der Waals surface area contributed by atoms with Crippen LogP contribution < -0.4 is 17.2 Å². The summed E-state index contributed by atoms with van der Waals surface area (Å²) in [5, 5.41) is 12.0. The van der Waals surface area contributed by atoms with Crippen molar-refractivity contribution in [1.29, 1.82) is 0 Å². The summed E-state index contributed by atoms with van der Waals surface area (Å²) in [6.45, 7) is 0.473. The van der Waals surface area contributed by atoms with Gasteiger partial charge in [-0.2, -0.15) is 0 Å². The Balaban J connectivity index is 0.000000509. The maximum atomic E-state index is 12.1. The van der Waals surface area contributed by atoms with Gasteiger partial charge in [-0.25, -0.2) is 4.98 Å². The Kier molecular flexibility index (Phi) is 7.13. The summed E-state index contributed by atoms with van der Waals surface area (Å²) in [4.78, 5) is 48.8. The average Bonchev–Trinajstić information content (AvgIpc) is 3.10. The van der Waals surface area contributed by atoms with E-state index in [1.165, 1.54) is 4.90 Å². The lowest BCUT2D eigenvalue weighted by atomic mass is 10.0. The Morgan fingerprint density at radius 3 is 2.31 bits per heavy atom. The second-order valence-electron chi connectivity index (χ2n) is 7.84. The number of rotatable bonds is 2. The first-order chi connectivity index (χ1) is 16.5. The van der Waals surface area contributed by atoms with Crippen molar-refractivity contribution in [3.05, 3.63) is 65.9 Å². The number of benzene rings is 2. The summed E-state index contributed by atoms with van der Waals surface area (Å²) in [5.41, 5.74) is 14.7.